The lowest BCUT2D eigenvalue weighted by molar-refractivity contribution is -0.133. The number of nitrogens with one attached hydrogen (secondary N) is 1. The number of aryl methyl sites for hydroxylation is 2. The molecular formula is C22H24ClN3O4S2. The highest BCUT2D eigenvalue weighted by Gasteiger charge is 2.34. The first-order valence-electron chi connectivity index (χ1n) is 10.3. The number of hydrogen-bond donors (Lipinski definition) is 1. The number of fused-ring (bicyclic) bond motifs is 1. The van der Waals surface area contributed by atoms with Crippen molar-refractivity contribution in [3.8, 4) is 0 Å². The normalized spacial score (nSPS) is 19.4. The van der Waals surface area contributed by atoms with E-state index < -0.39 is 15.3 Å². The zero-order chi connectivity index (χ0) is 23.0. The number of nitrogens with zero attached hydrogens (tertiary/aromatic N) is 2. The monoisotopic (exact) mass is 493 g/mol. The molecule has 32 heavy (non-hydrogen) atoms. The molecule has 0 saturated carbocycles. The van der Waals surface area contributed by atoms with Crippen LogP contribution in [0.25, 0.3) is 0 Å². The van der Waals surface area contributed by atoms with Gasteiger partial charge >= 0.3 is 0 Å². The predicted molar refractivity (Wildman–Crippen MR) is 126 cm³/mol. The first-order valence-corrected chi connectivity index (χ1v) is 13.0. The lowest BCUT2D eigenvalue weighted by Gasteiger charge is -2.35. The van der Waals surface area contributed by atoms with Crippen molar-refractivity contribution < 1.29 is 18.0 Å². The molecular weight excluding hydrogens is 470 g/mol. The number of carbonyl (C=O) groups is 2. The van der Waals surface area contributed by atoms with Gasteiger partial charge in [-0.3, -0.25) is 9.59 Å². The van der Waals surface area contributed by atoms with E-state index >= 15 is 0 Å². The van der Waals surface area contributed by atoms with Gasteiger partial charge in [-0.05, 0) is 55.3 Å². The Morgan fingerprint density at radius 2 is 1.81 bits per heavy atom. The van der Waals surface area contributed by atoms with Crippen molar-refractivity contribution in [2.24, 2.45) is 0 Å². The molecule has 7 nitrogen and oxygen atoms in total. The molecule has 170 valence electrons. The van der Waals surface area contributed by atoms with Gasteiger partial charge in [0.2, 0.25) is 21.8 Å². The third-order valence-electron chi connectivity index (χ3n) is 5.83. The molecule has 1 saturated heterocycles. The topological polar surface area (TPSA) is 86.8 Å². The standard InChI is InChI=1S/C22H24ClN3O4S2/c1-14-3-5-17(11-15(14)2)32(29,30)26-9-7-25(8-10-26)21(27)13-20-22(28)24-18-12-16(23)4-6-19(18)31-20/h3-6,11-12,20H,7-10,13H2,1-2H3,(H,24,28)/t20-/m1/s1. The van der Waals surface area contributed by atoms with Crippen LogP contribution in [0.1, 0.15) is 17.5 Å². The van der Waals surface area contributed by atoms with Gasteiger partial charge < -0.3 is 10.2 Å². The zero-order valence-corrected chi connectivity index (χ0v) is 20.2. The van der Waals surface area contributed by atoms with E-state index in [0.717, 1.165) is 16.0 Å². The van der Waals surface area contributed by atoms with Crippen LogP contribution < -0.4 is 5.32 Å². The Morgan fingerprint density at radius 1 is 1.09 bits per heavy atom. The molecule has 1 fully saturated rings. The average molecular weight is 494 g/mol. The van der Waals surface area contributed by atoms with Gasteiger partial charge in [0.15, 0.2) is 0 Å². The molecule has 2 aliphatic rings. The smallest absolute Gasteiger partial charge is 0.243 e. The van der Waals surface area contributed by atoms with Crippen LogP contribution in [-0.2, 0) is 19.6 Å². The molecule has 0 spiro atoms. The van der Waals surface area contributed by atoms with E-state index in [1.165, 1.54) is 16.1 Å². The molecule has 2 heterocycles. The van der Waals surface area contributed by atoms with Crippen LogP contribution in [0.15, 0.2) is 46.2 Å². The lowest BCUT2D eigenvalue weighted by atomic mass is 10.1. The Bertz CT molecular complexity index is 1180. The van der Waals surface area contributed by atoms with Gasteiger partial charge in [-0.25, -0.2) is 8.42 Å². The lowest BCUT2D eigenvalue weighted by Crippen LogP contribution is -2.51. The largest absolute Gasteiger partial charge is 0.340 e. The Kier molecular flexibility index (Phi) is 6.53. The van der Waals surface area contributed by atoms with Crippen molar-refractivity contribution in [3.63, 3.8) is 0 Å². The summed E-state index contributed by atoms with van der Waals surface area (Å²) in [6.07, 6.45) is 0.0580. The molecule has 1 N–H and O–H groups in total. The van der Waals surface area contributed by atoms with E-state index in [-0.39, 0.29) is 36.2 Å². The van der Waals surface area contributed by atoms with Crippen molar-refractivity contribution in [1.82, 2.24) is 9.21 Å². The molecule has 1 atom stereocenters. The summed E-state index contributed by atoms with van der Waals surface area (Å²) in [5.74, 6) is -0.382. The van der Waals surface area contributed by atoms with Gasteiger partial charge in [0, 0.05) is 42.5 Å². The maximum Gasteiger partial charge on any atom is 0.243 e. The van der Waals surface area contributed by atoms with Gasteiger partial charge in [-0.2, -0.15) is 4.31 Å². The van der Waals surface area contributed by atoms with E-state index in [9.17, 15) is 18.0 Å². The molecule has 2 aromatic carbocycles. The maximum atomic E-state index is 13.0. The van der Waals surface area contributed by atoms with Crippen LogP contribution in [0, 0.1) is 13.8 Å². The fourth-order valence-electron chi connectivity index (χ4n) is 3.75. The number of piperazine rings is 1. The number of sulfonamides is 1. The third kappa shape index (κ3) is 4.66. The van der Waals surface area contributed by atoms with E-state index in [2.05, 4.69) is 5.32 Å². The molecule has 2 aliphatic heterocycles. The summed E-state index contributed by atoms with van der Waals surface area (Å²) < 4.78 is 27.4. The zero-order valence-electron chi connectivity index (χ0n) is 17.8. The fraction of sp³-hybridized carbons (Fsp3) is 0.364. The number of amides is 2. The van der Waals surface area contributed by atoms with Crippen LogP contribution in [0.4, 0.5) is 5.69 Å². The van der Waals surface area contributed by atoms with E-state index in [1.807, 2.05) is 19.9 Å². The van der Waals surface area contributed by atoms with Crippen LogP contribution in [-0.4, -0.2) is 60.9 Å². The van der Waals surface area contributed by atoms with Crippen LogP contribution in [0.2, 0.25) is 5.02 Å². The quantitative estimate of drug-likeness (QED) is 0.706. The summed E-state index contributed by atoms with van der Waals surface area (Å²) >= 11 is 7.32. The average Bonchev–Trinajstić information content (AvgIpc) is 2.76. The molecule has 0 bridgehead atoms. The Balaban J connectivity index is 1.37. The first kappa shape index (κ1) is 23.1. The molecule has 0 aliphatic carbocycles. The van der Waals surface area contributed by atoms with Gasteiger partial charge in [-0.15, -0.1) is 11.8 Å². The molecule has 2 amide bonds. The summed E-state index contributed by atoms with van der Waals surface area (Å²) in [7, 11) is -3.61. The Labute approximate surface area is 197 Å². The Hall–Kier alpha value is -2.07. The second kappa shape index (κ2) is 9.05. The fourth-order valence-corrected chi connectivity index (χ4v) is 6.51. The van der Waals surface area contributed by atoms with Crippen molar-refractivity contribution in [3.05, 3.63) is 52.5 Å². The second-order valence-electron chi connectivity index (χ2n) is 7.97. The molecule has 10 heteroatoms. The number of anilines is 1. The number of rotatable bonds is 4. The maximum absolute atomic E-state index is 13.0. The van der Waals surface area contributed by atoms with E-state index in [1.54, 1.807) is 35.2 Å². The highest BCUT2D eigenvalue weighted by atomic mass is 35.5. The minimum absolute atomic E-state index is 0.0580. The summed E-state index contributed by atoms with van der Waals surface area (Å²) in [5, 5.41) is 2.81. The van der Waals surface area contributed by atoms with Crippen molar-refractivity contribution in [1.29, 1.82) is 0 Å². The van der Waals surface area contributed by atoms with Gasteiger partial charge in [0.05, 0.1) is 15.8 Å². The van der Waals surface area contributed by atoms with Crippen LogP contribution in [0.3, 0.4) is 0 Å². The van der Waals surface area contributed by atoms with Crippen LogP contribution in [0.5, 0.6) is 0 Å². The van der Waals surface area contributed by atoms with Crippen LogP contribution >= 0.6 is 23.4 Å². The molecule has 0 aromatic heterocycles. The number of thioether (sulfide) groups is 1. The third-order valence-corrected chi connectivity index (χ3v) is 9.23. The highest BCUT2D eigenvalue weighted by molar-refractivity contribution is 8.01. The summed E-state index contributed by atoms with van der Waals surface area (Å²) in [5.41, 5.74) is 2.61. The number of carbonyl (C=O) groups excluding carboxylic acids is 2. The predicted octanol–water partition coefficient (Wildman–Crippen LogP) is 3.29. The second-order valence-corrected chi connectivity index (χ2v) is 11.6. The molecule has 0 radical (unpaired) electrons. The summed E-state index contributed by atoms with van der Waals surface area (Å²) in [6, 6.07) is 10.4. The number of benzene rings is 2. The van der Waals surface area contributed by atoms with E-state index in [0.29, 0.717) is 23.8 Å². The van der Waals surface area contributed by atoms with Crippen molar-refractivity contribution in [2.75, 3.05) is 31.5 Å². The molecule has 2 aromatic rings. The summed E-state index contributed by atoms with van der Waals surface area (Å²) in [6.45, 7) is 4.88. The van der Waals surface area contributed by atoms with Gasteiger partial charge in [0.1, 0.15) is 0 Å². The minimum Gasteiger partial charge on any atom is -0.340 e. The molecule has 0 unspecified atom stereocenters. The SMILES string of the molecule is Cc1ccc(S(=O)(=O)N2CCN(C(=O)C[C@H]3Sc4ccc(Cl)cc4NC3=O)CC2)cc1C. The van der Waals surface area contributed by atoms with E-state index in [4.69, 9.17) is 11.6 Å². The number of hydrogen-bond acceptors (Lipinski definition) is 5. The first-order chi connectivity index (χ1) is 15.1. The van der Waals surface area contributed by atoms with Gasteiger partial charge in [-0.1, -0.05) is 17.7 Å². The van der Waals surface area contributed by atoms with Crippen molar-refractivity contribution >= 4 is 50.9 Å². The molecule has 4 rings (SSSR count). The van der Waals surface area contributed by atoms with Crippen molar-refractivity contribution in [2.45, 2.75) is 35.3 Å². The highest BCUT2D eigenvalue weighted by Crippen LogP contribution is 2.38. The summed E-state index contributed by atoms with van der Waals surface area (Å²) in [4.78, 5) is 28.1. The van der Waals surface area contributed by atoms with Gasteiger partial charge in [0.25, 0.3) is 0 Å². The minimum atomic E-state index is -3.61. The number of halogens is 1. The Morgan fingerprint density at radius 3 is 2.50 bits per heavy atom.